The van der Waals surface area contributed by atoms with Gasteiger partial charge in [0.05, 0.1) is 11.6 Å². The molecule has 0 bridgehead atoms. The van der Waals surface area contributed by atoms with Crippen molar-refractivity contribution in [3.05, 3.63) is 28.7 Å². The molecular formula is C13H19N3O2. The molecule has 0 radical (unpaired) electrons. The second kappa shape index (κ2) is 5.82. The van der Waals surface area contributed by atoms with Crippen molar-refractivity contribution in [3.8, 4) is 0 Å². The molecule has 1 aromatic rings. The summed E-state index contributed by atoms with van der Waals surface area (Å²) in [5, 5.41) is 6.03. The van der Waals surface area contributed by atoms with E-state index in [4.69, 9.17) is 0 Å². The van der Waals surface area contributed by atoms with Crippen molar-refractivity contribution in [1.82, 2.24) is 9.88 Å². The molecule has 98 valence electrons. The van der Waals surface area contributed by atoms with Crippen LogP contribution in [0.1, 0.15) is 19.8 Å². The van der Waals surface area contributed by atoms with E-state index in [1.807, 2.05) is 6.92 Å². The number of amides is 1. The normalized spacial score (nSPS) is 18.8. The molecule has 0 spiro atoms. The molecule has 2 rings (SSSR count). The highest BCUT2D eigenvalue weighted by molar-refractivity contribution is 5.92. The Labute approximate surface area is 106 Å². The zero-order chi connectivity index (χ0) is 13.0. The van der Waals surface area contributed by atoms with Crippen LogP contribution in [0.3, 0.4) is 0 Å². The number of nitrogens with one attached hydrogen (secondary N) is 2. The molecule has 1 atom stereocenters. The first-order chi connectivity index (χ1) is 8.70. The Balaban J connectivity index is 2.06. The Bertz CT molecular complexity index is 475. The summed E-state index contributed by atoms with van der Waals surface area (Å²) >= 11 is 0. The van der Waals surface area contributed by atoms with Crippen LogP contribution < -0.4 is 16.2 Å². The van der Waals surface area contributed by atoms with Crippen LogP contribution in [-0.2, 0) is 11.3 Å². The van der Waals surface area contributed by atoms with Gasteiger partial charge < -0.3 is 15.2 Å². The van der Waals surface area contributed by atoms with Crippen molar-refractivity contribution in [1.29, 1.82) is 0 Å². The van der Waals surface area contributed by atoms with Gasteiger partial charge in [-0.2, -0.15) is 0 Å². The van der Waals surface area contributed by atoms with E-state index in [0.29, 0.717) is 12.2 Å². The highest BCUT2D eigenvalue weighted by atomic mass is 16.2. The number of hydrogen-bond donors (Lipinski definition) is 2. The van der Waals surface area contributed by atoms with Gasteiger partial charge in [-0.3, -0.25) is 9.59 Å². The standard InChI is InChI=1S/C13H19N3O2/c1-2-7-16-9-11(3-4-12(16)17)15-13(18)10-5-6-14-8-10/h3-4,9-10,14H,2,5-8H2,1H3,(H,15,18). The van der Waals surface area contributed by atoms with Crippen molar-refractivity contribution >= 4 is 11.6 Å². The van der Waals surface area contributed by atoms with Crippen LogP contribution in [0.2, 0.25) is 0 Å². The number of carbonyl (C=O) groups is 1. The third kappa shape index (κ3) is 2.98. The van der Waals surface area contributed by atoms with Gasteiger partial charge in [0.2, 0.25) is 5.91 Å². The van der Waals surface area contributed by atoms with Crippen molar-refractivity contribution in [3.63, 3.8) is 0 Å². The Morgan fingerprint density at radius 1 is 1.56 bits per heavy atom. The lowest BCUT2D eigenvalue weighted by atomic mass is 10.1. The van der Waals surface area contributed by atoms with Crippen LogP contribution >= 0.6 is 0 Å². The number of pyridine rings is 1. The van der Waals surface area contributed by atoms with Gasteiger partial charge in [-0.15, -0.1) is 0 Å². The smallest absolute Gasteiger partial charge is 0.250 e. The Morgan fingerprint density at radius 3 is 3.06 bits per heavy atom. The maximum Gasteiger partial charge on any atom is 0.250 e. The van der Waals surface area contributed by atoms with Crippen molar-refractivity contribution in [2.45, 2.75) is 26.3 Å². The minimum atomic E-state index is -0.0302. The summed E-state index contributed by atoms with van der Waals surface area (Å²) in [7, 11) is 0. The third-order valence-electron chi connectivity index (χ3n) is 3.15. The molecule has 1 unspecified atom stereocenters. The topological polar surface area (TPSA) is 63.1 Å². The van der Waals surface area contributed by atoms with Gasteiger partial charge >= 0.3 is 0 Å². The predicted molar refractivity (Wildman–Crippen MR) is 70.6 cm³/mol. The van der Waals surface area contributed by atoms with Crippen LogP contribution in [-0.4, -0.2) is 23.6 Å². The van der Waals surface area contributed by atoms with E-state index in [1.165, 1.54) is 6.07 Å². The number of aromatic nitrogens is 1. The van der Waals surface area contributed by atoms with Crippen LogP contribution in [0.15, 0.2) is 23.1 Å². The Morgan fingerprint density at radius 2 is 2.39 bits per heavy atom. The van der Waals surface area contributed by atoms with Crippen LogP contribution in [0.25, 0.3) is 0 Å². The maximum atomic E-state index is 11.9. The van der Waals surface area contributed by atoms with Gasteiger partial charge in [-0.05, 0) is 25.5 Å². The van der Waals surface area contributed by atoms with Gasteiger partial charge in [0.15, 0.2) is 0 Å². The molecule has 0 saturated carbocycles. The predicted octanol–water partition coefficient (Wildman–Crippen LogP) is 0.806. The molecule has 18 heavy (non-hydrogen) atoms. The largest absolute Gasteiger partial charge is 0.325 e. The van der Waals surface area contributed by atoms with Crippen LogP contribution in [0.5, 0.6) is 0 Å². The number of nitrogens with zero attached hydrogens (tertiary/aromatic N) is 1. The van der Waals surface area contributed by atoms with Crippen LogP contribution in [0.4, 0.5) is 5.69 Å². The average Bonchev–Trinajstić information content (AvgIpc) is 2.87. The maximum absolute atomic E-state index is 11.9. The van der Waals surface area contributed by atoms with E-state index in [0.717, 1.165) is 25.9 Å². The second-order valence-electron chi connectivity index (χ2n) is 4.63. The quantitative estimate of drug-likeness (QED) is 0.830. The fraction of sp³-hybridized carbons (Fsp3) is 0.538. The molecule has 1 amide bonds. The molecule has 1 saturated heterocycles. The fourth-order valence-corrected chi connectivity index (χ4v) is 2.14. The first-order valence-electron chi connectivity index (χ1n) is 6.43. The van der Waals surface area contributed by atoms with Gasteiger partial charge in [0, 0.05) is 25.4 Å². The molecule has 1 fully saturated rings. The molecule has 5 heteroatoms. The first kappa shape index (κ1) is 12.8. The Hall–Kier alpha value is -1.62. The molecule has 5 nitrogen and oxygen atoms in total. The fourth-order valence-electron chi connectivity index (χ4n) is 2.14. The van der Waals surface area contributed by atoms with E-state index in [9.17, 15) is 9.59 Å². The summed E-state index contributed by atoms with van der Waals surface area (Å²) in [6, 6.07) is 3.16. The summed E-state index contributed by atoms with van der Waals surface area (Å²) in [5.74, 6) is 0.0678. The average molecular weight is 249 g/mol. The molecule has 0 aromatic carbocycles. The second-order valence-corrected chi connectivity index (χ2v) is 4.63. The lowest BCUT2D eigenvalue weighted by molar-refractivity contribution is -0.119. The highest BCUT2D eigenvalue weighted by Crippen LogP contribution is 2.12. The summed E-state index contributed by atoms with van der Waals surface area (Å²) in [6.07, 6.45) is 3.48. The van der Waals surface area contributed by atoms with Gasteiger partial charge in [-0.1, -0.05) is 6.92 Å². The molecule has 1 aromatic heterocycles. The van der Waals surface area contributed by atoms with E-state index < -0.39 is 0 Å². The highest BCUT2D eigenvalue weighted by Gasteiger charge is 2.22. The molecule has 1 aliphatic rings. The zero-order valence-corrected chi connectivity index (χ0v) is 10.6. The van der Waals surface area contributed by atoms with Crippen molar-refractivity contribution in [2.24, 2.45) is 5.92 Å². The monoisotopic (exact) mass is 249 g/mol. The SMILES string of the molecule is CCCn1cc(NC(=O)C2CCNC2)ccc1=O. The summed E-state index contributed by atoms with van der Waals surface area (Å²) in [4.78, 5) is 23.5. The first-order valence-corrected chi connectivity index (χ1v) is 6.43. The van der Waals surface area contributed by atoms with Crippen molar-refractivity contribution in [2.75, 3.05) is 18.4 Å². The van der Waals surface area contributed by atoms with Crippen LogP contribution in [0, 0.1) is 5.92 Å². The minimum absolute atomic E-state index is 0.0293. The third-order valence-corrected chi connectivity index (χ3v) is 3.15. The molecule has 2 N–H and O–H groups in total. The molecular weight excluding hydrogens is 230 g/mol. The molecule has 0 aliphatic carbocycles. The number of rotatable bonds is 4. The summed E-state index contributed by atoms with van der Waals surface area (Å²) in [6.45, 7) is 4.32. The molecule has 2 heterocycles. The number of hydrogen-bond acceptors (Lipinski definition) is 3. The number of anilines is 1. The van der Waals surface area contributed by atoms with E-state index in [-0.39, 0.29) is 17.4 Å². The lowest BCUT2D eigenvalue weighted by Crippen LogP contribution is -2.26. The zero-order valence-electron chi connectivity index (χ0n) is 10.6. The van der Waals surface area contributed by atoms with Gasteiger partial charge in [-0.25, -0.2) is 0 Å². The van der Waals surface area contributed by atoms with Gasteiger partial charge in [0.25, 0.3) is 5.56 Å². The van der Waals surface area contributed by atoms with Gasteiger partial charge in [0.1, 0.15) is 0 Å². The minimum Gasteiger partial charge on any atom is -0.325 e. The van der Waals surface area contributed by atoms with Crippen molar-refractivity contribution < 1.29 is 4.79 Å². The summed E-state index contributed by atoms with van der Waals surface area (Å²) in [5.41, 5.74) is 0.664. The van der Waals surface area contributed by atoms with E-state index in [2.05, 4.69) is 10.6 Å². The number of carbonyl (C=O) groups excluding carboxylic acids is 1. The van der Waals surface area contributed by atoms with E-state index in [1.54, 1.807) is 16.8 Å². The number of aryl methyl sites for hydroxylation is 1. The lowest BCUT2D eigenvalue weighted by Gasteiger charge is -2.11. The Kier molecular flexibility index (Phi) is 4.15. The summed E-state index contributed by atoms with van der Waals surface area (Å²) < 4.78 is 1.63. The van der Waals surface area contributed by atoms with E-state index >= 15 is 0 Å². The molecule has 1 aliphatic heterocycles.